The van der Waals surface area contributed by atoms with Crippen molar-refractivity contribution >= 4 is 34.9 Å². The highest BCUT2D eigenvalue weighted by atomic mass is 16.5. The van der Waals surface area contributed by atoms with Crippen LogP contribution < -0.4 is 20.7 Å². The van der Waals surface area contributed by atoms with Gasteiger partial charge in [0.2, 0.25) is 11.8 Å². The van der Waals surface area contributed by atoms with Crippen molar-refractivity contribution in [2.45, 2.75) is 57.0 Å². The van der Waals surface area contributed by atoms with Gasteiger partial charge in [0, 0.05) is 23.4 Å². The van der Waals surface area contributed by atoms with E-state index >= 15 is 0 Å². The van der Waals surface area contributed by atoms with Crippen LogP contribution in [0.15, 0.2) is 24.3 Å². The molecule has 1 saturated heterocycles. The molecule has 1 aromatic heterocycles. The molecule has 1 aromatic carbocycles. The summed E-state index contributed by atoms with van der Waals surface area (Å²) >= 11 is 0. The monoisotopic (exact) mass is 468 g/mol. The predicted octanol–water partition coefficient (Wildman–Crippen LogP) is 2.07. The molecule has 9 heteroatoms. The molecule has 2 heterocycles. The Hall–Kier alpha value is -3.36. The van der Waals surface area contributed by atoms with Crippen molar-refractivity contribution in [3.05, 3.63) is 30.0 Å². The van der Waals surface area contributed by atoms with Crippen LogP contribution in [0.3, 0.4) is 0 Å². The van der Waals surface area contributed by atoms with Crippen LogP contribution in [-0.2, 0) is 14.4 Å². The van der Waals surface area contributed by atoms with Gasteiger partial charge in [-0.3, -0.25) is 14.4 Å². The maximum absolute atomic E-state index is 13.3. The molecule has 1 aliphatic carbocycles. The normalized spacial score (nSPS) is 20.4. The van der Waals surface area contributed by atoms with E-state index in [4.69, 9.17) is 4.74 Å². The first kappa shape index (κ1) is 23.8. The Morgan fingerprint density at radius 3 is 2.65 bits per heavy atom. The first-order valence-corrected chi connectivity index (χ1v) is 12.0. The Morgan fingerprint density at radius 1 is 1.18 bits per heavy atom. The SMILES string of the molecule is COc1cccc2[nH]c(C(=O)N[C@H](C(=O)N[C@H](C=O)C[C@@H]3CCNC3=O)C3CCCCC3)cc12. The number of rotatable bonds is 9. The van der Waals surface area contributed by atoms with Crippen molar-refractivity contribution in [2.24, 2.45) is 11.8 Å². The van der Waals surface area contributed by atoms with Crippen LogP contribution in [0.1, 0.15) is 55.4 Å². The largest absolute Gasteiger partial charge is 0.496 e. The third-order valence-corrected chi connectivity index (χ3v) is 6.97. The van der Waals surface area contributed by atoms with E-state index in [1.165, 1.54) is 0 Å². The lowest BCUT2D eigenvalue weighted by molar-refractivity contribution is -0.128. The van der Waals surface area contributed by atoms with E-state index in [-0.39, 0.29) is 36.0 Å². The number of H-pyrrole nitrogens is 1. The van der Waals surface area contributed by atoms with Crippen molar-refractivity contribution in [1.82, 2.24) is 20.9 Å². The quantitative estimate of drug-likeness (QED) is 0.419. The van der Waals surface area contributed by atoms with Gasteiger partial charge >= 0.3 is 0 Å². The summed E-state index contributed by atoms with van der Waals surface area (Å²) in [5, 5.41) is 9.23. The number of hydrogen-bond acceptors (Lipinski definition) is 5. The standard InChI is InChI=1S/C25H32N4O5/c1-34-21-9-5-8-19-18(21)13-20(28-19)24(32)29-22(15-6-3-2-4-7-15)25(33)27-17(14-30)12-16-10-11-26-23(16)31/h5,8-9,13-17,22,28H,2-4,6-7,10-12H2,1H3,(H,26,31)(H,27,33)(H,29,32)/t16-,17-,22-/m0/s1. The first-order chi connectivity index (χ1) is 16.5. The van der Waals surface area contributed by atoms with Crippen molar-refractivity contribution in [3.8, 4) is 5.75 Å². The average Bonchev–Trinajstić information content (AvgIpc) is 3.48. The summed E-state index contributed by atoms with van der Waals surface area (Å²) in [6.45, 7) is 0.582. The summed E-state index contributed by atoms with van der Waals surface area (Å²) in [6.07, 6.45) is 6.33. The maximum atomic E-state index is 13.3. The number of aldehydes is 1. The zero-order valence-corrected chi connectivity index (χ0v) is 19.4. The van der Waals surface area contributed by atoms with Crippen LogP contribution in [0, 0.1) is 11.8 Å². The lowest BCUT2D eigenvalue weighted by atomic mass is 9.83. The Labute approximate surface area is 198 Å². The van der Waals surface area contributed by atoms with Gasteiger partial charge in [0.05, 0.1) is 13.2 Å². The molecule has 0 spiro atoms. The molecule has 182 valence electrons. The summed E-state index contributed by atoms with van der Waals surface area (Å²) in [7, 11) is 1.57. The van der Waals surface area contributed by atoms with Gasteiger partial charge in [0.1, 0.15) is 23.8 Å². The predicted molar refractivity (Wildman–Crippen MR) is 126 cm³/mol. The number of nitrogens with one attached hydrogen (secondary N) is 4. The molecule has 4 rings (SSSR count). The fourth-order valence-electron chi connectivity index (χ4n) is 5.11. The number of amides is 3. The van der Waals surface area contributed by atoms with Crippen LogP contribution in [0.5, 0.6) is 5.75 Å². The van der Waals surface area contributed by atoms with Gasteiger partial charge in [-0.25, -0.2) is 0 Å². The molecule has 0 unspecified atom stereocenters. The van der Waals surface area contributed by atoms with Gasteiger partial charge in [-0.15, -0.1) is 0 Å². The van der Waals surface area contributed by atoms with Gasteiger partial charge in [0.15, 0.2) is 0 Å². The fraction of sp³-hybridized carbons (Fsp3) is 0.520. The Balaban J connectivity index is 1.50. The van der Waals surface area contributed by atoms with E-state index in [0.29, 0.717) is 30.7 Å². The molecule has 2 fully saturated rings. The Bertz CT molecular complexity index is 1060. The van der Waals surface area contributed by atoms with Crippen LogP contribution in [-0.4, -0.2) is 54.7 Å². The van der Waals surface area contributed by atoms with Crippen molar-refractivity contribution in [3.63, 3.8) is 0 Å². The molecule has 3 amide bonds. The minimum Gasteiger partial charge on any atom is -0.496 e. The third kappa shape index (κ3) is 5.24. The lowest BCUT2D eigenvalue weighted by Gasteiger charge is -2.31. The van der Waals surface area contributed by atoms with Gasteiger partial charge in [0.25, 0.3) is 5.91 Å². The highest BCUT2D eigenvalue weighted by Gasteiger charge is 2.34. The number of benzene rings is 1. The number of fused-ring (bicyclic) bond motifs is 1. The molecule has 0 bridgehead atoms. The van der Waals surface area contributed by atoms with Crippen molar-refractivity contribution < 1.29 is 23.9 Å². The zero-order chi connectivity index (χ0) is 24.1. The Morgan fingerprint density at radius 2 is 1.97 bits per heavy atom. The summed E-state index contributed by atoms with van der Waals surface area (Å²) in [6, 6.07) is 5.69. The second kappa shape index (κ2) is 10.7. The average molecular weight is 469 g/mol. The molecule has 9 nitrogen and oxygen atoms in total. The number of aromatic amines is 1. The van der Waals surface area contributed by atoms with E-state index < -0.39 is 12.1 Å². The molecular formula is C25H32N4O5. The topological polar surface area (TPSA) is 129 Å². The van der Waals surface area contributed by atoms with Gasteiger partial charge in [-0.1, -0.05) is 25.3 Å². The molecule has 1 aliphatic heterocycles. The maximum Gasteiger partial charge on any atom is 0.268 e. The van der Waals surface area contributed by atoms with E-state index in [0.717, 1.165) is 43.0 Å². The number of carbonyl (C=O) groups is 4. The van der Waals surface area contributed by atoms with Crippen LogP contribution in [0.4, 0.5) is 0 Å². The number of carbonyl (C=O) groups excluding carboxylic acids is 4. The lowest BCUT2D eigenvalue weighted by Crippen LogP contribution is -2.54. The summed E-state index contributed by atoms with van der Waals surface area (Å²) < 4.78 is 5.38. The molecule has 2 aliphatic rings. The fourth-order valence-corrected chi connectivity index (χ4v) is 5.11. The summed E-state index contributed by atoms with van der Waals surface area (Å²) in [5.74, 6) is -0.517. The molecule has 3 atom stereocenters. The number of ether oxygens (including phenoxy) is 1. The minimum atomic E-state index is -0.776. The molecule has 34 heavy (non-hydrogen) atoms. The number of aromatic nitrogens is 1. The number of hydrogen-bond donors (Lipinski definition) is 4. The highest BCUT2D eigenvalue weighted by molar-refractivity contribution is 6.01. The summed E-state index contributed by atoms with van der Waals surface area (Å²) in [5.41, 5.74) is 1.10. The van der Waals surface area contributed by atoms with Crippen LogP contribution in [0.2, 0.25) is 0 Å². The van der Waals surface area contributed by atoms with E-state index in [1.807, 2.05) is 18.2 Å². The molecule has 0 radical (unpaired) electrons. The molecular weight excluding hydrogens is 436 g/mol. The zero-order valence-electron chi connectivity index (χ0n) is 19.4. The van der Waals surface area contributed by atoms with E-state index in [9.17, 15) is 19.2 Å². The van der Waals surface area contributed by atoms with Gasteiger partial charge < -0.3 is 30.5 Å². The molecule has 4 N–H and O–H groups in total. The molecule has 2 aromatic rings. The van der Waals surface area contributed by atoms with Gasteiger partial charge in [-0.2, -0.15) is 0 Å². The van der Waals surface area contributed by atoms with Crippen LogP contribution in [0.25, 0.3) is 10.9 Å². The van der Waals surface area contributed by atoms with E-state index in [2.05, 4.69) is 20.9 Å². The number of methoxy groups -OCH3 is 1. The second-order valence-corrected chi connectivity index (χ2v) is 9.22. The third-order valence-electron chi connectivity index (χ3n) is 6.97. The van der Waals surface area contributed by atoms with Crippen LogP contribution >= 0.6 is 0 Å². The van der Waals surface area contributed by atoms with Gasteiger partial charge in [-0.05, 0) is 49.8 Å². The second-order valence-electron chi connectivity index (χ2n) is 9.22. The highest BCUT2D eigenvalue weighted by Crippen LogP contribution is 2.28. The van der Waals surface area contributed by atoms with Crippen molar-refractivity contribution in [2.75, 3.05) is 13.7 Å². The first-order valence-electron chi connectivity index (χ1n) is 12.0. The van der Waals surface area contributed by atoms with E-state index in [1.54, 1.807) is 13.2 Å². The minimum absolute atomic E-state index is 0.0151. The summed E-state index contributed by atoms with van der Waals surface area (Å²) in [4.78, 5) is 53.1. The smallest absolute Gasteiger partial charge is 0.268 e. The molecule has 1 saturated carbocycles. The Kier molecular flexibility index (Phi) is 7.49. The van der Waals surface area contributed by atoms with Crippen molar-refractivity contribution in [1.29, 1.82) is 0 Å².